The van der Waals surface area contributed by atoms with Crippen LogP contribution in [-0.4, -0.2) is 88.2 Å². The summed E-state index contributed by atoms with van der Waals surface area (Å²) in [6.45, 7) is 15.1. The highest BCUT2D eigenvalue weighted by atomic mass is 16.5. The van der Waals surface area contributed by atoms with E-state index in [1.54, 1.807) is 24.3 Å². The number of amides is 4. The van der Waals surface area contributed by atoms with E-state index in [2.05, 4.69) is 0 Å². The van der Waals surface area contributed by atoms with Gasteiger partial charge in [-0.1, -0.05) is 0 Å². The molecule has 0 aliphatic carbocycles. The van der Waals surface area contributed by atoms with E-state index in [0.29, 0.717) is 36.5 Å². The van der Waals surface area contributed by atoms with Gasteiger partial charge in [-0.2, -0.15) is 10.1 Å². The summed E-state index contributed by atoms with van der Waals surface area (Å²) in [6.07, 6.45) is 1.57. The van der Waals surface area contributed by atoms with E-state index < -0.39 is 57.9 Å². The number of imide groups is 2. The number of carbonyl (C=O) groups excluding carboxylic acids is 4. The van der Waals surface area contributed by atoms with Crippen molar-refractivity contribution in [2.75, 3.05) is 0 Å². The average molecular weight is 577 g/mol. The summed E-state index contributed by atoms with van der Waals surface area (Å²) >= 11 is 0. The Hall–Kier alpha value is -3.18. The molecule has 4 amide bonds. The Morgan fingerprint density at radius 1 is 0.500 bits per heavy atom. The highest BCUT2D eigenvalue weighted by Crippen LogP contribution is 2.45. The Labute approximate surface area is 245 Å². The van der Waals surface area contributed by atoms with E-state index in [1.807, 2.05) is 55.4 Å². The maximum atomic E-state index is 14.0. The van der Waals surface area contributed by atoms with Crippen molar-refractivity contribution in [3.63, 3.8) is 0 Å². The SMILES string of the molecule is CC1(C)CC(N2C(=O)c3ccc4c5c(ccc(c35)C2=O)C(=O)N(C2CC(C)(C)N(O)C(C)(C)C2)C4=O)CC(C)(C)N1O. The van der Waals surface area contributed by atoms with Crippen LogP contribution in [0.1, 0.15) is 123 Å². The first-order chi connectivity index (χ1) is 19.3. The van der Waals surface area contributed by atoms with Gasteiger partial charge in [-0.3, -0.25) is 29.0 Å². The molecule has 6 rings (SSSR count). The second kappa shape index (κ2) is 8.69. The molecule has 10 nitrogen and oxygen atoms in total. The summed E-state index contributed by atoms with van der Waals surface area (Å²) in [5, 5.41) is 24.9. The molecule has 42 heavy (non-hydrogen) atoms. The van der Waals surface area contributed by atoms with E-state index in [0.717, 1.165) is 0 Å². The van der Waals surface area contributed by atoms with Gasteiger partial charge in [-0.15, -0.1) is 0 Å². The lowest BCUT2D eigenvalue weighted by molar-refractivity contribution is -0.249. The number of hydroxylamine groups is 4. The molecule has 4 aliphatic rings. The predicted molar refractivity (Wildman–Crippen MR) is 155 cm³/mol. The third-order valence-electron chi connectivity index (χ3n) is 9.92. The van der Waals surface area contributed by atoms with Crippen LogP contribution in [-0.2, 0) is 0 Å². The Kier molecular flexibility index (Phi) is 5.98. The summed E-state index contributed by atoms with van der Waals surface area (Å²) in [6, 6.07) is 5.49. The first-order valence-electron chi connectivity index (χ1n) is 14.6. The van der Waals surface area contributed by atoms with Crippen molar-refractivity contribution in [1.82, 2.24) is 19.9 Å². The van der Waals surface area contributed by atoms with Crippen molar-refractivity contribution in [3.05, 3.63) is 46.5 Å². The fraction of sp³-hybridized carbons (Fsp3) is 0.562. The average Bonchev–Trinajstić information content (AvgIpc) is 2.87. The van der Waals surface area contributed by atoms with Crippen LogP contribution in [0.4, 0.5) is 0 Å². The molecule has 0 unspecified atom stereocenters. The maximum Gasteiger partial charge on any atom is 0.261 e. The number of rotatable bonds is 2. The molecule has 0 bridgehead atoms. The Bertz CT molecular complexity index is 1370. The van der Waals surface area contributed by atoms with Crippen molar-refractivity contribution in [3.8, 4) is 0 Å². The van der Waals surface area contributed by atoms with Gasteiger partial charge < -0.3 is 10.4 Å². The molecule has 2 saturated heterocycles. The van der Waals surface area contributed by atoms with Gasteiger partial charge in [0.25, 0.3) is 23.6 Å². The summed E-state index contributed by atoms with van der Waals surface area (Å²) in [5.74, 6) is -1.83. The van der Waals surface area contributed by atoms with Gasteiger partial charge >= 0.3 is 0 Å². The molecule has 2 aromatic carbocycles. The quantitative estimate of drug-likeness (QED) is 0.487. The Morgan fingerprint density at radius 3 is 0.929 bits per heavy atom. The Balaban J connectivity index is 1.43. The summed E-state index contributed by atoms with van der Waals surface area (Å²) in [4.78, 5) is 58.7. The number of hydrogen-bond acceptors (Lipinski definition) is 8. The van der Waals surface area contributed by atoms with E-state index in [-0.39, 0.29) is 22.3 Å². The molecule has 0 atom stereocenters. The van der Waals surface area contributed by atoms with Crippen LogP contribution in [0.25, 0.3) is 10.8 Å². The molecule has 224 valence electrons. The molecular weight excluding hydrogens is 536 g/mol. The van der Waals surface area contributed by atoms with E-state index in [1.165, 1.54) is 19.9 Å². The molecule has 4 aliphatic heterocycles. The number of hydrogen-bond donors (Lipinski definition) is 2. The molecule has 2 aromatic rings. The van der Waals surface area contributed by atoms with Crippen LogP contribution >= 0.6 is 0 Å². The zero-order valence-electron chi connectivity index (χ0n) is 25.6. The van der Waals surface area contributed by atoms with Crippen LogP contribution in [0.5, 0.6) is 0 Å². The van der Waals surface area contributed by atoms with Crippen molar-refractivity contribution >= 4 is 34.4 Å². The fourth-order valence-corrected chi connectivity index (χ4v) is 8.38. The molecule has 4 heterocycles. The number of carbonyl (C=O) groups is 4. The third kappa shape index (κ3) is 3.85. The lowest BCUT2D eigenvalue weighted by Crippen LogP contribution is -2.64. The van der Waals surface area contributed by atoms with E-state index in [9.17, 15) is 29.6 Å². The summed E-state index contributed by atoms with van der Waals surface area (Å²) in [5.41, 5.74) is -1.53. The van der Waals surface area contributed by atoms with Crippen LogP contribution < -0.4 is 0 Å². The predicted octanol–water partition coefficient (Wildman–Crippen LogP) is 4.85. The lowest BCUT2D eigenvalue weighted by atomic mass is 9.76. The molecule has 2 fully saturated rings. The molecule has 10 heteroatoms. The highest BCUT2D eigenvalue weighted by molar-refractivity contribution is 6.33. The normalized spacial score (nSPS) is 26.0. The minimum absolute atomic E-state index is 0.289. The fourth-order valence-electron chi connectivity index (χ4n) is 8.38. The van der Waals surface area contributed by atoms with Crippen LogP contribution in [0.2, 0.25) is 0 Å². The first kappa shape index (κ1) is 28.9. The molecular formula is C32H40N4O6. The largest absolute Gasteiger partial charge is 0.313 e. The first-order valence-corrected chi connectivity index (χ1v) is 14.6. The van der Waals surface area contributed by atoms with Gasteiger partial charge in [-0.05, 0) is 105 Å². The van der Waals surface area contributed by atoms with Gasteiger partial charge in [0.2, 0.25) is 0 Å². The maximum absolute atomic E-state index is 14.0. The van der Waals surface area contributed by atoms with Crippen LogP contribution in [0, 0.1) is 0 Å². The minimum Gasteiger partial charge on any atom is -0.313 e. The van der Waals surface area contributed by atoms with E-state index >= 15 is 0 Å². The molecule has 0 aromatic heterocycles. The van der Waals surface area contributed by atoms with Crippen molar-refractivity contribution < 1.29 is 29.6 Å². The zero-order valence-corrected chi connectivity index (χ0v) is 25.6. The van der Waals surface area contributed by atoms with Gasteiger partial charge in [0.15, 0.2) is 0 Å². The summed E-state index contributed by atoms with van der Waals surface area (Å²) in [7, 11) is 0. The van der Waals surface area contributed by atoms with Crippen LogP contribution in [0.3, 0.4) is 0 Å². The standard InChI is InChI=1S/C32H40N4O6/c1-29(2)13-17(14-30(3,4)35(29)41)33-25(37)19-9-11-21-24-22(12-10-20(23(19)24)26(33)38)28(40)34(27(21)39)18-15-31(5,6)36(42)32(7,8)16-18/h9-12,17-18,41-42H,13-16H2,1-8H3. The monoisotopic (exact) mass is 576 g/mol. The number of nitrogens with zero attached hydrogens (tertiary/aromatic N) is 4. The number of benzene rings is 2. The summed E-state index contributed by atoms with van der Waals surface area (Å²) < 4.78 is 0. The van der Waals surface area contributed by atoms with Crippen molar-refractivity contribution in [2.45, 2.75) is 115 Å². The molecule has 0 saturated carbocycles. The molecule has 0 spiro atoms. The van der Waals surface area contributed by atoms with Gasteiger partial charge in [0.05, 0.1) is 0 Å². The van der Waals surface area contributed by atoms with Crippen LogP contribution in [0.15, 0.2) is 24.3 Å². The van der Waals surface area contributed by atoms with E-state index in [4.69, 9.17) is 0 Å². The molecule has 0 radical (unpaired) electrons. The number of piperidine rings is 2. The van der Waals surface area contributed by atoms with Crippen molar-refractivity contribution in [1.29, 1.82) is 0 Å². The topological polar surface area (TPSA) is 122 Å². The minimum atomic E-state index is -0.672. The van der Waals surface area contributed by atoms with Crippen molar-refractivity contribution in [2.24, 2.45) is 0 Å². The lowest BCUT2D eigenvalue weighted by Gasteiger charge is -2.53. The van der Waals surface area contributed by atoms with Gasteiger partial charge in [0.1, 0.15) is 0 Å². The second-order valence-electron chi connectivity index (χ2n) is 15.0. The third-order valence-corrected chi connectivity index (χ3v) is 9.92. The molecule has 2 N–H and O–H groups in total. The second-order valence-corrected chi connectivity index (χ2v) is 15.0. The smallest absolute Gasteiger partial charge is 0.261 e. The van der Waals surface area contributed by atoms with Gasteiger partial charge in [0, 0.05) is 67.3 Å². The Morgan fingerprint density at radius 2 is 0.714 bits per heavy atom. The zero-order chi connectivity index (χ0) is 30.9. The highest BCUT2D eigenvalue weighted by Gasteiger charge is 2.52. The van der Waals surface area contributed by atoms with Gasteiger partial charge in [-0.25, -0.2) is 0 Å².